The quantitative estimate of drug-likeness (QED) is 0.926. The van der Waals surface area contributed by atoms with Gasteiger partial charge in [0.2, 0.25) is 0 Å². The summed E-state index contributed by atoms with van der Waals surface area (Å²) in [5, 5.41) is 10.0. The zero-order valence-electron chi connectivity index (χ0n) is 13.4. The minimum absolute atomic E-state index is 0.0169. The van der Waals surface area contributed by atoms with Gasteiger partial charge in [0.25, 0.3) is 5.91 Å². The molecule has 0 bridgehead atoms. The van der Waals surface area contributed by atoms with E-state index in [9.17, 15) is 9.90 Å². The summed E-state index contributed by atoms with van der Waals surface area (Å²) >= 11 is 6.13. The Kier molecular flexibility index (Phi) is 5.70. The van der Waals surface area contributed by atoms with E-state index in [1.54, 1.807) is 0 Å². The number of benzene rings is 1. The number of halogens is 1. The number of aryl methyl sites for hydroxylation is 2. The zero-order chi connectivity index (χ0) is 16.3. The van der Waals surface area contributed by atoms with Crippen LogP contribution in [0, 0.1) is 19.8 Å². The number of piperidine rings is 1. The third kappa shape index (κ3) is 3.93. The number of rotatable bonds is 4. The summed E-state index contributed by atoms with van der Waals surface area (Å²) in [6.45, 7) is 6.64. The number of ether oxygens (including phenoxy) is 1. The van der Waals surface area contributed by atoms with Gasteiger partial charge in [-0.3, -0.25) is 4.79 Å². The van der Waals surface area contributed by atoms with E-state index >= 15 is 0 Å². The first-order valence-corrected chi connectivity index (χ1v) is 8.10. The number of amides is 1. The average Bonchev–Trinajstić information content (AvgIpc) is 2.50. The van der Waals surface area contributed by atoms with E-state index in [0.717, 1.165) is 29.0 Å². The van der Waals surface area contributed by atoms with E-state index < -0.39 is 0 Å². The highest BCUT2D eigenvalue weighted by molar-refractivity contribution is 6.32. The second kappa shape index (κ2) is 7.34. The lowest BCUT2D eigenvalue weighted by Crippen LogP contribution is -2.48. The molecule has 2 atom stereocenters. The summed E-state index contributed by atoms with van der Waals surface area (Å²) in [4.78, 5) is 14.2. The van der Waals surface area contributed by atoms with Gasteiger partial charge in [0.15, 0.2) is 6.61 Å². The molecule has 0 radical (unpaired) electrons. The summed E-state index contributed by atoms with van der Waals surface area (Å²) in [5.41, 5.74) is 1.88. The molecule has 1 aromatic carbocycles. The van der Waals surface area contributed by atoms with E-state index in [4.69, 9.17) is 16.3 Å². The molecule has 1 saturated heterocycles. The molecule has 1 N–H and O–H groups in total. The molecule has 0 saturated carbocycles. The Morgan fingerprint density at radius 3 is 2.59 bits per heavy atom. The van der Waals surface area contributed by atoms with Crippen LogP contribution in [0.25, 0.3) is 0 Å². The fraction of sp³-hybridized carbons (Fsp3) is 0.588. The minimum atomic E-state index is -0.0316. The molecule has 1 heterocycles. The molecule has 22 heavy (non-hydrogen) atoms. The minimum Gasteiger partial charge on any atom is -0.484 e. The van der Waals surface area contributed by atoms with Gasteiger partial charge in [-0.25, -0.2) is 0 Å². The van der Waals surface area contributed by atoms with Crippen molar-refractivity contribution in [1.82, 2.24) is 4.90 Å². The predicted molar refractivity (Wildman–Crippen MR) is 87.4 cm³/mol. The van der Waals surface area contributed by atoms with Crippen molar-refractivity contribution in [3.63, 3.8) is 0 Å². The van der Waals surface area contributed by atoms with E-state index in [1.807, 2.05) is 37.8 Å². The fourth-order valence-electron chi connectivity index (χ4n) is 2.90. The van der Waals surface area contributed by atoms with Crippen molar-refractivity contribution in [2.75, 3.05) is 19.8 Å². The van der Waals surface area contributed by atoms with Crippen LogP contribution in [0.5, 0.6) is 5.75 Å². The van der Waals surface area contributed by atoms with Crippen LogP contribution in [0.4, 0.5) is 0 Å². The van der Waals surface area contributed by atoms with Crippen molar-refractivity contribution < 1.29 is 14.6 Å². The first kappa shape index (κ1) is 17.1. The van der Waals surface area contributed by atoms with Crippen LogP contribution in [0.15, 0.2) is 12.1 Å². The van der Waals surface area contributed by atoms with Crippen LogP contribution in [-0.2, 0) is 4.79 Å². The van der Waals surface area contributed by atoms with Gasteiger partial charge in [-0.15, -0.1) is 0 Å². The van der Waals surface area contributed by atoms with E-state index in [1.165, 1.54) is 0 Å². The molecule has 1 aliphatic heterocycles. The van der Waals surface area contributed by atoms with Crippen LogP contribution in [0.2, 0.25) is 5.02 Å². The molecule has 1 amide bonds. The van der Waals surface area contributed by atoms with Crippen molar-refractivity contribution >= 4 is 17.5 Å². The number of carbonyl (C=O) groups excluding carboxylic acids is 1. The van der Waals surface area contributed by atoms with Gasteiger partial charge < -0.3 is 14.7 Å². The molecule has 0 spiro atoms. The number of aliphatic hydroxyl groups excluding tert-OH is 1. The number of likely N-dealkylation sites (tertiary alicyclic amines) is 1. The largest absolute Gasteiger partial charge is 0.484 e. The molecular weight excluding hydrogens is 302 g/mol. The van der Waals surface area contributed by atoms with E-state index in [0.29, 0.717) is 12.3 Å². The molecule has 1 aromatic rings. The Morgan fingerprint density at radius 1 is 1.36 bits per heavy atom. The molecule has 0 aliphatic carbocycles. The number of aliphatic hydroxyl groups is 1. The Morgan fingerprint density at radius 2 is 2.00 bits per heavy atom. The smallest absolute Gasteiger partial charge is 0.260 e. The summed E-state index contributed by atoms with van der Waals surface area (Å²) in [7, 11) is 0. The van der Waals surface area contributed by atoms with Gasteiger partial charge in [0.1, 0.15) is 5.75 Å². The van der Waals surface area contributed by atoms with Crippen molar-refractivity contribution in [2.24, 2.45) is 5.92 Å². The first-order chi connectivity index (χ1) is 10.4. The first-order valence-electron chi connectivity index (χ1n) is 7.72. The van der Waals surface area contributed by atoms with Crippen molar-refractivity contribution in [1.29, 1.82) is 0 Å². The van der Waals surface area contributed by atoms with Crippen LogP contribution >= 0.6 is 11.6 Å². The molecule has 1 fully saturated rings. The molecule has 5 heteroatoms. The Balaban J connectivity index is 1.97. The van der Waals surface area contributed by atoms with Crippen LogP contribution in [-0.4, -0.2) is 41.7 Å². The maximum Gasteiger partial charge on any atom is 0.260 e. The highest BCUT2D eigenvalue weighted by Gasteiger charge is 2.28. The van der Waals surface area contributed by atoms with Gasteiger partial charge in [0, 0.05) is 24.2 Å². The number of nitrogens with zero attached hydrogens (tertiary/aromatic N) is 1. The van der Waals surface area contributed by atoms with Crippen LogP contribution in [0.1, 0.15) is 30.9 Å². The molecular formula is C17H24ClNO3. The molecule has 2 rings (SSSR count). The number of hydrogen-bond donors (Lipinski definition) is 1. The second-order valence-electron chi connectivity index (χ2n) is 6.18. The maximum absolute atomic E-state index is 12.4. The third-order valence-corrected chi connectivity index (χ3v) is 4.93. The summed E-state index contributed by atoms with van der Waals surface area (Å²) in [5.74, 6) is 0.812. The van der Waals surface area contributed by atoms with Crippen molar-refractivity contribution in [2.45, 2.75) is 39.7 Å². The fourth-order valence-corrected chi connectivity index (χ4v) is 3.01. The second-order valence-corrected chi connectivity index (χ2v) is 6.56. The molecule has 4 nitrogen and oxygen atoms in total. The Bertz CT molecular complexity index is 524. The zero-order valence-corrected chi connectivity index (χ0v) is 14.2. The molecule has 122 valence electrons. The highest BCUT2D eigenvalue weighted by atomic mass is 35.5. The Hall–Kier alpha value is -1.26. The van der Waals surface area contributed by atoms with Crippen LogP contribution < -0.4 is 4.74 Å². The molecule has 1 aliphatic rings. The predicted octanol–water partition coefficient (Wildman–Crippen LogP) is 2.96. The van der Waals surface area contributed by atoms with Gasteiger partial charge in [-0.1, -0.05) is 11.6 Å². The lowest BCUT2D eigenvalue weighted by atomic mass is 9.94. The van der Waals surface area contributed by atoms with Gasteiger partial charge in [0.05, 0.1) is 0 Å². The van der Waals surface area contributed by atoms with E-state index in [-0.39, 0.29) is 31.1 Å². The van der Waals surface area contributed by atoms with Crippen molar-refractivity contribution in [3.05, 3.63) is 28.3 Å². The monoisotopic (exact) mass is 325 g/mol. The molecule has 0 aromatic heterocycles. The van der Waals surface area contributed by atoms with Gasteiger partial charge in [-0.05, 0) is 62.8 Å². The lowest BCUT2D eigenvalue weighted by Gasteiger charge is -2.37. The SMILES string of the molecule is Cc1cc(OCC(=O)N2CC(CO)CCC2C)cc(C)c1Cl. The van der Waals surface area contributed by atoms with E-state index in [2.05, 4.69) is 0 Å². The standard InChI is InChI=1S/C17H24ClNO3/c1-11-6-15(7-12(2)17(11)18)22-10-16(21)19-8-14(9-20)5-4-13(19)3/h6-7,13-14,20H,4-5,8-10H2,1-3H3. The van der Waals surface area contributed by atoms with Crippen molar-refractivity contribution in [3.8, 4) is 5.75 Å². The lowest BCUT2D eigenvalue weighted by molar-refractivity contribution is -0.138. The average molecular weight is 326 g/mol. The number of carbonyl (C=O) groups is 1. The topological polar surface area (TPSA) is 49.8 Å². The third-order valence-electron chi connectivity index (χ3n) is 4.33. The number of hydrogen-bond acceptors (Lipinski definition) is 3. The summed E-state index contributed by atoms with van der Waals surface area (Å²) in [6, 6.07) is 3.89. The summed E-state index contributed by atoms with van der Waals surface area (Å²) in [6.07, 6.45) is 1.90. The Labute approximate surface area is 137 Å². The highest BCUT2D eigenvalue weighted by Crippen LogP contribution is 2.26. The molecule has 2 unspecified atom stereocenters. The van der Waals surface area contributed by atoms with Gasteiger partial charge >= 0.3 is 0 Å². The van der Waals surface area contributed by atoms with Crippen LogP contribution in [0.3, 0.4) is 0 Å². The van der Waals surface area contributed by atoms with Gasteiger partial charge in [-0.2, -0.15) is 0 Å². The maximum atomic E-state index is 12.4. The normalized spacial score (nSPS) is 21.8. The summed E-state index contributed by atoms with van der Waals surface area (Å²) < 4.78 is 5.64.